The number of hydrogen-bond acceptors (Lipinski definition) is 3. The van der Waals surface area contributed by atoms with Crippen LogP contribution in [0.5, 0.6) is 0 Å². The molecule has 88 valence electrons. The van der Waals surface area contributed by atoms with Gasteiger partial charge in [-0.25, -0.2) is 0 Å². The van der Waals surface area contributed by atoms with Gasteiger partial charge in [0.1, 0.15) is 0 Å². The standard InChI is InChI=1S/C13H15N3O/c1-15-9-13(6-7-13)12(17)16-11-4-2-10(8-14)3-5-11/h2-5,15H,6-7,9H2,1H3,(H,16,17). The number of rotatable bonds is 4. The van der Waals surface area contributed by atoms with E-state index < -0.39 is 0 Å². The molecule has 0 heterocycles. The van der Waals surface area contributed by atoms with Crippen molar-refractivity contribution in [2.75, 3.05) is 18.9 Å². The molecule has 17 heavy (non-hydrogen) atoms. The minimum absolute atomic E-state index is 0.0663. The Morgan fingerprint density at radius 3 is 2.53 bits per heavy atom. The van der Waals surface area contributed by atoms with Crippen LogP contribution in [0.1, 0.15) is 18.4 Å². The Labute approximate surface area is 101 Å². The Morgan fingerprint density at radius 1 is 1.41 bits per heavy atom. The fourth-order valence-electron chi connectivity index (χ4n) is 1.87. The van der Waals surface area contributed by atoms with E-state index in [-0.39, 0.29) is 11.3 Å². The summed E-state index contributed by atoms with van der Waals surface area (Å²) in [6, 6.07) is 8.96. The summed E-state index contributed by atoms with van der Waals surface area (Å²) in [6.07, 6.45) is 1.88. The Bertz CT molecular complexity index is 455. The largest absolute Gasteiger partial charge is 0.326 e. The van der Waals surface area contributed by atoms with Gasteiger partial charge in [0, 0.05) is 12.2 Å². The van der Waals surface area contributed by atoms with E-state index in [0.717, 1.165) is 25.1 Å². The van der Waals surface area contributed by atoms with Crippen molar-refractivity contribution in [2.24, 2.45) is 5.41 Å². The summed E-state index contributed by atoms with van der Waals surface area (Å²) in [5.74, 6) is 0.0663. The summed E-state index contributed by atoms with van der Waals surface area (Å²) in [7, 11) is 1.86. The minimum Gasteiger partial charge on any atom is -0.326 e. The Morgan fingerprint density at radius 2 is 2.06 bits per heavy atom. The summed E-state index contributed by atoms with van der Waals surface area (Å²) >= 11 is 0. The van der Waals surface area contributed by atoms with E-state index in [9.17, 15) is 4.79 Å². The molecule has 1 aliphatic rings. The highest BCUT2D eigenvalue weighted by Gasteiger charge is 2.49. The van der Waals surface area contributed by atoms with Gasteiger partial charge in [-0.05, 0) is 44.2 Å². The van der Waals surface area contributed by atoms with Gasteiger partial charge < -0.3 is 10.6 Å². The van der Waals surface area contributed by atoms with Crippen LogP contribution in [0.4, 0.5) is 5.69 Å². The zero-order valence-electron chi connectivity index (χ0n) is 9.79. The van der Waals surface area contributed by atoms with E-state index in [1.54, 1.807) is 24.3 Å². The zero-order chi connectivity index (χ0) is 12.3. The molecule has 0 unspecified atom stereocenters. The number of nitrogens with zero attached hydrogens (tertiary/aromatic N) is 1. The number of nitrogens with one attached hydrogen (secondary N) is 2. The quantitative estimate of drug-likeness (QED) is 0.822. The van der Waals surface area contributed by atoms with Crippen molar-refractivity contribution in [1.29, 1.82) is 5.26 Å². The van der Waals surface area contributed by atoms with E-state index in [0.29, 0.717) is 5.56 Å². The van der Waals surface area contributed by atoms with Crippen LogP contribution in [-0.2, 0) is 4.79 Å². The second-order valence-corrected chi connectivity index (χ2v) is 4.45. The fraction of sp³-hybridized carbons (Fsp3) is 0.385. The first-order chi connectivity index (χ1) is 8.20. The van der Waals surface area contributed by atoms with Crippen LogP contribution in [0, 0.1) is 16.7 Å². The molecular weight excluding hydrogens is 214 g/mol. The van der Waals surface area contributed by atoms with Gasteiger partial charge in [-0.15, -0.1) is 0 Å². The lowest BCUT2D eigenvalue weighted by atomic mass is 10.1. The van der Waals surface area contributed by atoms with Gasteiger partial charge in [0.15, 0.2) is 0 Å². The minimum atomic E-state index is -0.220. The smallest absolute Gasteiger partial charge is 0.231 e. The van der Waals surface area contributed by atoms with Crippen molar-refractivity contribution in [3.05, 3.63) is 29.8 Å². The maximum atomic E-state index is 12.0. The van der Waals surface area contributed by atoms with Crippen LogP contribution in [0.25, 0.3) is 0 Å². The number of carbonyl (C=O) groups is 1. The maximum Gasteiger partial charge on any atom is 0.231 e. The summed E-state index contributed by atoms with van der Waals surface area (Å²) < 4.78 is 0. The molecule has 0 bridgehead atoms. The first-order valence-corrected chi connectivity index (χ1v) is 5.66. The number of hydrogen-bond donors (Lipinski definition) is 2. The molecule has 0 aromatic heterocycles. The van der Waals surface area contributed by atoms with Gasteiger partial charge in [-0.2, -0.15) is 5.26 Å². The van der Waals surface area contributed by atoms with E-state index in [1.165, 1.54) is 0 Å². The normalized spacial score (nSPS) is 16.0. The number of anilines is 1. The van der Waals surface area contributed by atoms with E-state index in [1.807, 2.05) is 13.1 Å². The van der Waals surface area contributed by atoms with Gasteiger partial charge in [0.05, 0.1) is 17.0 Å². The van der Waals surface area contributed by atoms with Gasteiger partial charge >= 0.3 is 0 Å². The third-order valence-electron chi connectivity index (χ3n) is 3.12. The van der Waals surface area contributed by atoms with Crippen molar-refractivity contribution >= 4 is 11.6 Å². The van der Waals surface area contributed by atoms with Crippen LogP contribution in [0.3, 0.4) is 0 Å². The maximum absolute atomic E-state index is 12.0. The number of benzene rings is 1. The topological polar surface area (TPSA) is 64.9 Å². The van der Waals surface area contributed by atoms with Crippen LogP contribution in [-0.4, -0.2) is 19.5 Å². The second kappa shape index (κ2) is 4.56. The molecule has 2 N–H and O–H groups in total. The molecule has 1 aliphatic carbocycles. The highest BCUT2D eigenvalue weighted by molar-refractivity contribution is 5.97. The van der Waals surface area contributed by atoms with Gasteiger partial charge in [-0.3, -0.25) is 4.79 Å². The Kier molecular flexibility index (Phi) is 3.12. The van der Waals surface area contributed by atoms with E-state index in [2.05, 4.69) is 10.6 Å². The van der Waals surface area contributed by atoms with Gasteiger partial charge in [0.25, 0.3) is 0 Å². The fourth-order valence-corrected chi connectivity index (χ4v) is 1.87. The summed E-state index contributed by atoms with van der Waals surface area (Å²) in [4.78, 5) is 12.0. The average molecular weight is 229 g/mol. The molecular formula is C13H15N3O. The van der Waals surface area contributed by atoms with Crippen molar-refractivity contribution in [3.63, 3.8) is 0 Å². The molecule has 1 aromatic rings. The van der Waals surface area contributed by atoms with Gasteiger partial charge in [0.2, 0.25) is 5.91 Å². The molecule has 4 nitrogen and oxygen atoms in total. The first kappa shape index (κ1) is 11.6. The van der Waals surface area contributed by atoms with Crippen LogP contribution in [0.15, 0.2) is 24.3 Å². The molecule has 0 aliphatic heterocycles. The molecule has 1 amide bonds. The third kappa shape index (κ3) is 2.45. The van der Waals surface area contributed by atoms with E-state index in [4.69, 9.17) is 5.26 Å². The molecule has 0 saturated heterocycles. The van der Waals surface area contributed by atoms with Crippen LogP contribution in [0.2, 0.25) is 0 Å². The molecule has 2 rings (SSSR count). The van der Waals surface area contributed by atoms with Crippen molar-refractivity contribution in [2.45, 2.75) is 12.8 Å². The zero-order valence-corrected chi connectivity index (χ0v) is 9.79. The second-order valence-electron chi connectivity index (χ2n) is 4.45. The lowest BCUT2D eigenvalue weighted by Gasteiger charge is -2.14. The number of amides is 1. The molecule has 1 aromatic carbocycles. The van der Waals surface area contributed by atoms with Crippen molar-refractivity contribution in [3.8, 4) is 6.07 Å². The molecule has 0 radical (unpaired) electrons. The third-order valence-corrected chi connectivity index (χ3v) is 3.12. The molecule has 1 saturated carbocycles. The first-order valence-electron chi connectivity index (χ1n) is 5.66. The van der Waals surface area contributed by atoms with Crippen molar-refractivity contribution < 1.29 is 4.79 Å². The SMILES string of the molecule is CNCC1(C(=O)Nc2ccc(C#N)cc2)CC1. The Balaban J connectivity index is 2.01. The predicted octanol–water partition coefficient (Wildman–Crippen LogP) is 1.50. The van der Waals surface area contributed by atoms with Crippen LogP contribution >= 0.6 is 0 Å². The summed E-state index contributed by atoms with van der Waals surface area (Å²) in [5.41, 5.74) is 1.12. The number of nitriles is 1. The predicted molar refractivity (Wildman–Crippen MR) is 65.4 cm³/mol. The highest BCUT2D eigenvalue weighted by atomic mass is 16.2. The molecule has 1 fully saturated rings. The lowest BCUT2D eigenvalue weighted by molar-refractivity contribution is -0.120. The van der Waals surface area contributed by atoms with E-state index >= 15 is 0 Å². The van der Waals surface area contributed by atoms with Crippen LogP contribution < -0.4 is 10.6 Å². The summed E-state index contributed by atoms with van der Waals surface area (Å²) in [6.45, 7) is 0.717. The molecule has 0 atom stereocenters. The molecule has 0 spiro atoms. The summed E-state index contributed by atoms with van der Waals surface area (Å²) in [5, 5.41) is 14.6. The average Bonchev–Trinajstić information content (AvgIpc) is 3.12. The van der Waals surface area contributed by atoms with Gasteiger partial charge in [-0.1, -0.05) is 0 Å². The Hall–Kier alpha value is -1.86. The monoisotopic (exact) mass is 229 g/mol. The highest BCUT2D eigenvalue weighted by Crippen LogP contribution is 2.45. The lowest BCUT2D eigenvalue weighted by Crippen LogP contribution is -2.32. The number of carbonyl (C=O) groups excluding carboxylic acids is 1. The van der Waals surface area contributed by atoms with Crippen molar-refractivity contribution in [1.82, 2.24) is 5.32 Å². The molecule has 4 heteroatoms.